The Hall–Kier alpha value is -1.67. The summed E-state index contributed by atoms with van der Waals surface area (Å²) in [5.74, 6) is 0.912. The van der Waals surface area contributed by atoms with Crippen molar-refractivity contribution in [2.45, 2.75) is 4.90 Å². The van der Waals surface area contributed by atoms with E-state index in [0.717, 1.165) is 0 Å². The summed E-state index contributed by atoms with van der Waals surface area (Å²) in [4.78, 5) is 11.6. The maximum atomic E-state index is 12.1. The second-order valence-corrected chi connectivity index (χ2v) is 6.85. The topological polar surface area (TPSA) is 81.7 Å². The Labute approximate surface area is 127 Å². The number of carbonyl (C=O) groups is 1. The van der Waals surface area contributed by atoms with Crippen molar-refractivity contribution in [2.24, 2.45) is 0 Å². The minimum atomic E-state index is -3.90. The van der Waals surface area contributed by atoms with E-state index in [9.17, 15) is 13.2 Å². The molecule has 114 valence electrons. The number of nitrogens with one attached hydrogen (secondary N) is 1. The number of fused-ring (bicyclic) bond motifs is 1. The number of hydrogen-bond acceptors (Lipinski definition) is 6. The molecule has 0 aliphatic carbocycles. The number of rotatable bonds is 6. The highest BCUT2D eigenvalue weighted by atomic mass is 32.2. The van der Waals surface area contributed by atoms with E-state index in [0.29, 0.717) is 30.5 Å². The first-order valence-electron chi connectivity index (χ1n) is 6.17. The number of thioether (sulfide) groups is 1. The molecule has 1 aliphatic heterocycles. The quantitative estimate of drug-likeness (QED) is 0.623. The first-order chi connectivity index (χ1) is 10.0. The zero-order chi connectivity index (χ0) is 15.3. The van der Waals surface area contributed by atoms with E-state index < -0.39 is 15.9 Å². The van der Waals surface area contributed by atoms with E-state index in [1.165, 1.54) is 30.0 Å². The lowest BCUT2D eigenvalue weighted by molar-refractivity contribution is -0.116. The molecule has 0 aromatic heterocycles. The molecule has 1 aliphatic rings. The molecule has 0 saturated heterocycles. The summed E-state index contributed by atoms with van der Waals surface area (Å²) >= 11 is 1.28. The normalized spacial score (nSPS) is 13.5. The van der Waals surface area contributed by atoms with E-state index in [2.05, 4.69) is 6.58 Å². The summed E-state index contributed by atoms with van der Waals surface area (Å²) in [5.41, 5.74) is 0. The van der Waals surface area contributed by atoms with Crippen LogP contribution in [0.25, 0.3) is 0 Å². The van der Waals surface area contributed by atoms with Gasteiger partial charge in [-0.1, -0.05) is 6.08 Å². The standard InChI is InChI=1S/C13H15NO5S2/c1-2-7-20-9-13(15)14-21(16,17)10-3-4-11-12(8-10)19-6-5-18-11/h2-4,8H,1,5-7,9H2,(H,14,15). The molecule has 0 saturated carbocycles. The second-order valence-electron chi connectivity index (χ2n) is 4.14. The lowest BCUT2D eigenvalue weighted by Crippen LogP contribution is -2.32. The third-order valence-corrected chi connectivity index (χ3v) is 4.85. The van der Waals surface area contributed by atoms with Crippen molar-refractivity contribution in [3.8, 4) is 11.5 Å². The molecule has 6 nitrogen and oxygen atoms in total. The molecular weight excluding hydrogens is 314 g/mol. The zero-order valence-corrected chi connectivity index (χ0v) is 12.8. The van der Waals surface area contributed by atoms with Gasteiger partial charge in [0.2, 0.25) is 5.91 Å². The van der Waals surface area contributed by atoms with E-state index in [1.807, 2.05) is 4.72 Å². The van der Waals surface area contributed by atoms with Crippen LogP contribution in [0.1, 0.15) is 0 Å². The van der Waals surface area contributed by atoms with E-state index in [-0.39, 0.29) is 10.6 Å². The Balaban J connectivity index is 2.08. The van der Waals surface area contributed by atoms with Gasteiger partial charge in [0, 0.05) is 11.8 Å². The summed E-state index contributed by atoms with van der Waals surface area (Å²) in [7, 11) is -3.90. The molecule has 0 unspecified atom stereocenters. The molecule has 0 bridgehead atoms. The summed E-state index contributed by atoms with van der Waals surface area (Å²) in [6.07, 6.45) is 1.65. The van der Waals surface area contributed by atoms with Gasteiger partial charge in [-0.25, -0.2) is 13.1 Å². The molecule has 2 rings (SSSR count). The first-order valence-corrected chi connectivity index (χ1v) is 8.80. The number of amides is 1. The molecule has 0 spiro atoms. The third-order valence-electron chi connectivity index (χ3n) is 2.54. The van der Waals surface area contributed by atoms with Crippen LogP contribution in [0.2, 0.25) is 0 Å². The average molecular weight is 329 g/mol. The van der Waals surface area contributed by atoms with Crippen LogP contribution in [0.3, 0.4) is 0 Å². The first kappa shape index (κ1) is 15.7. The molecule has 1 aromatic carbocycles. The largest absolute Gasteiger partial charge is 0.486 e. The number of ether oxygens (including phenoxy) is 2. The van der Waals surface area contributed by atoms with Crippen LogP contribution < -0.4 is 14.2 Å². The van der Waals surface area contributed by atoms with E-state index in [1.54, 1.807) is 6.08 Å². The fourth-order valence-electron chi connectivity index (χ4n) is 1.66. The molecular formula is C13H15NO5S2. The molecule has 8 heteroatoms. The van der Waals surface area contributed by atoms with Crippen molar-refractivity contribution in [3.05, 3.63) is 30.9 Å². The van der Waals surface area contributed by atoms with Crippen molar-refractivity contribution in [2.75, 3.05) is 24.7 Å². The van der Waals surface area contributed by atoms with Crippen molar-refractivity contribution < 1.29 is 22.7 Å². The summed E-state index contributed by atoms with van der Waals surface area (Å²) in [6.45, 7) is 4.31. The minimum Gasteiger partial charge on any atom is -0.486 e. The fraction of sp³-hybridized carbons (Fsp3) is 0.308. The number of carbonyl (C=O) groups excluding carboxylic acids is 1. The zero-order valence-electron chi connectivity index (χ0n) is 11.2. The maximum absolute atomic E-state index is 12.1. The Bertz CT molecular complexity index is 642. The van der Waals surface area contributed by atoms with Crippen LogP contribution in [0.5, 0.6) is 11.5 Å². The van der Waals surface area contributed by atoms with Gasteiger partial charge in [-0.05, 0) is 12.1 Å². The predicted octanol–water partition coefficient (Wildman–Crippen LogP) is 1.18. The second kappa shape index (κ2) is 6.86. The van der Waals surface area contributed by atoms with Gasteiger partial charge in [0.25, 0.3) is 10.0 Å². The summed E-state index contributed by atoms with van der Waals surface area (Å²) < 4.78 is 36.9. The van der Waals surface area contributed by atoms with Crippen molar-refractivity contribution in [1.82, 2.24) is 4.72 Å². The van der Waals surface area contributed by atoms with Crippen molar-refractivity contribution in [3.63, 3.8) is 0 Å². The van der Waals surface area contributed by atoms with Crippen molar-refractivity contribution in [1.29, 1.82) is 0 Å². The highest BCUT2D eigenvalue weighted by Crippen LogP contribution is 2.32. The SMILES string of the molecule is C=CCSCC(=O)NS(=O)(=O)c1ccc2c(c1)OCCO2. The number of hydrogen-bond donors (Lipinski definition) is 1. The molecule has 0 atom stereocenters. The van der Waals surface area contributed by atoms with Crippen molar-refractivity contribution >= 4 is 27.7 Å². The number of benzene rings is 1. The van der Waals surface area contributed by atoms with Crippen LogP contribution in [-0.4, -0.2) is 39.0 Å². The predicted molar refractivity (Wildman–Crippen MR) is 80.3 cm³/mol. The summed E-state index contributed by atoms with van der Waals surface area (Å²) in [6, 6.07) is 4.24. The molecule has 21 heavy (non-hydrogen) atoms. The highest BCUT2D eigenvalue weighted by Gasteiger charge is 2.21. The van der Waals surface area contributed by atoms with Crippen LogP contribution in [0.4, 0.5) is 0 Å². The molecule has 0 radical (unpaired) electrons. The smallest absolute Gasteiger partial charge is 0.264 e. The van der Waals surface area contributed by atoms with Gasteiger partial charge < -0.3 is 9.47 Å². The Morgan fingerprint density at radius 3 is 2.76 bits per heavy atom. The summed E-state index contributed by atoms with van der Waals surface area (Å²) in [5, 5.41) is 0. The Morgan fingerprint density at radius 2 is 2.05 bits per heavy atom. The lowest BCUT2D eigenvalue weighted by Gasteiger charge is -2.18. The minimum absolute atomic E-state index is 0.0335. The van der Waals surface area contributed by atoms with Crippen LogP contribution in [-0.2, 0) is 14.8 Å². The molecule has 0 fully saturated rings. The molecule has 1 heterocycles. The van der Waals surface area contributed by atoms with E-state index >= 15 is 0 Å². The van der Waals surface area contributed by atoms with Gasteiger partial charge in [0.05, 0.1) is 10.6 Å². The number of sulfonamides is 1. The molecule has 1 amide bonds. The Kier molecular flexibility index (Phi) is 5.13. The van der Waals surface area contributed by atoms with Gasteiger partial charge in [-0.3, -0.25) is 4.79 Å². The van der Waals surface area contributed by atoms with Crippen LogP contribution >= 0.6 is 11.8 Å². The van der Waals surface area contributed by atoms with Gasteiger partial charge in [-0.2, -0.15) is 0 Å². The van der Waals surface area contributed by atoms with Gasteiger partial charge in [0.15, 0.2) is 11.5 Å². The van der Waals surface area contributed by atoms with Gasteiger partial charge >= 0.3 is 0 Å². The third kappa shape index (κ3) is 4.15. The average Bonchev–Trinajstić information content (AvgIpc) is 2.46. The van der Waals surface area contributed by atoms with E-state index in [4.69, 9.17) is 9.47 Å². The lowest BCUT2D eigenvalue weighted by atomic mass is 10.3. The van der Waals surface area contributed by atoms with Gasteiger partial charge in [0.1, 0.15) is 13.2 Å². The molecule has 1 N–H and O–H groups in total. The fourth-order valence-corrected chi connectivity index (χ4v) is 3.30. The maximum Gasteiger partial charge on any atom is 0.264 e. The van der Waals surface area contributed by atoms with Crippen LogP contribution in [0.15, 0.2) is 35.7 Å². The Morgan fingerprint density at radius 1 is 1.33 bits per heavy atom. The highest BCUT2D eigenvalue weighted by molar-refractivity contribution is 8.00. The van der Waals surface area contributed by atoms with Gasteiger partial charge in [-0.15, -0.1) is 18.3 Å². The molecule has 1 aromatic rings. The van der Waals surface area contributed by atoms with Crippen LogP contribution in [0, 0.1) is 0 Å². The monoisotopic (exact) mass is 329 g/mol.